The summed E-state index contributed by atoms with van der Waals surface area (Å²) in [6, 6.07) is 9.27. The second kappa shape index (κ2) is 8.32. The van der Waals surface area contributed by atoms with Gasteiger partial charge >= 0.3 is 0 Å². The molecular weight excluding hydrogens is 278 g/mol. The summed E-state index contributed by atoms with van der Waals surface area (Å²) in [6.45, 7) is 3.06. The summed E-state index contributed by atoms with van der Waals surface area (Å²) in [7, 11) is 1.85. The molecule has 1 aromatic rings. The van der Waals surface area contributed by atoms with E-state index < -0.39 is 0 Å². The summed E-state index contributed by atoms with van der Waals surface area (Å²) in [4.78, 5) is 4.34. The highest BCUT2D eigenvalue weighted by Crippen LogP contribution is 2.27. The highest BCUT2D eigenvalue weighted by Gasteiger charge is 2.24. The van der Waals surface area contributed by atoms with E-state index in [0.717, 1.165) is 24.2 Å². The van der Waals surface area contributed by atoms with E-state index in [4.69, 9.17) is 0 Å². The molecule has 116 valence electrons. The molecule has 1 aliphatic rings. The molecule has 4 heteroatoms. The van der Waals surface area contributed by atoms with Crippen LogP contribution in [0.5, 0.6) is 0 Å². The maximum atomic E-state index is 4.34. The van der Waals surface area contributed by atoms with Crippen molar-refractivity contribution in [3.63, 3.8) is 0 Å². The molecule has 0 radical (unpaired) electrons. The van der Waals surface area contributed by atoms with Gasteiger partial charge in [0.05, 0.1) is 0 Å². The summed E-state index contributed by atoms with van der Waals surface area (Å²) in [5.41, 5.74) is 2.70. The molecule has 2 N–H and O–H groups in total. The quantitative estimate of drug-likeness (QED) is 0.648. The van der Waals surface area contributed by atoms with E-state index in [1.165, 1.54) is 30.4 Å². The number of guanidine groups is 1. The van der Waals surface area contributed by atoms with E-state index in [-0.39, 0.29) is 0 Å². The third-order valence-corrected chi connectivity index (χ3v) is 5.17. The Morgan fingerprint density at radius 3 is 2.90 bits per heavy atom. The van der Waals surface area contributed by atoms with Gasteiger partial charge in [-0.1, -0.05) is 29.8 Å². The van der Waals surface area contributed by atoms with Crippen molar-refractivity contribution in [2.75, 3.05) is 19.8 Å². The molecular formula is C17H27N3S. The predicted molar refractivity (Wildman–Crippen MR) is 94.3 cm³/mol. The van der Waals surface area contributed by atoms with Gasteiger partial charge in [0.25, 0.3) is 0 Å². The maximum Gasteiger partial charge on any atom is 0.191 e. The van der Waals surface area contributed by atoms with Crippen LogP contribution in [0.1, 0.15) is 30.4 Å². The van der Waals surface area contributed by atoms with E-state index in [1.54, 1.807) is 0 Å². The topological polar surface area (TPSA) is 36.4 Å². The Morgan fingerprint density at radius 1 is 1.38 bits per heavy atom. The number of nitrogens with zero attached hydrogens (tertiary/aromatic N) is 1. The first-order chi connectivity index (χ1) is 10.2. The van der Waals surface area contributed by atoms with Gasteiger partial charge in [-0.05, 0) is 44.4 Å². The Bertz CT molecular complexity index is 473. The van der Waals surface area contributed by atoms with Gasteiger partial charge in [0.1, 0.15) is 0 Å². The molecule has 0 heterocycles. The molecule has 21 heavy (non-hydrogen) atoms. The number of thioether (sulfide) groups is 1. The minimum absolute atomic E-state index is 0.576. The van der Waals surface area contributed by atoms with Gasteiger partial charge < -0.3 is 10.6 Å². The second-order valence-corrected chi connectivity index (χ2v) is 6.89. The zero-order valence-electron chi connectivity index (χ0n) is 13.4. The standard InChI is InChI=1S/C17H27N3S/c1-13-5-4-6-14(11-13)9-10-19-17(18-2)20-15-7-8-16(12-15)21-3/h4-6,11,15-16H,7-10,12H2,1-3H3,(H2,18,19,20). The molecule has 2 atom stereocenters. The molecule has 3 nitrogen and oxygen atoms in total. The van der Waals surface area contributed by atoms with E-state index in [2.05, 4.69) is 53.1 Å². The molecule has 1 aromatic carbocycles. The molecule has 1 saturated carbocycles. The number of hydrogen-bond donors (Lipinski definition) is 2. The fourth-order valence-electron chi connectivity index (χ4n) is 2.87. The second-order valence-electron chi connectivity index (χ2n) is 5.75. The third kappa shape index (κ3) is 5.27. The van der Waals surface area contributed by atoms with E-state index in [1.807, 2.05) is 18.8 Å². The maximum absolute atomic E-state index is 4.34. The number of rotatable bonds is 5. The molecule has 0 bridgehead atoms. The van der Waals surface area contributed by atoms with Crippen molar-refractivity contribution >= 4 is 17.7 Å². The van der Waals surface area contributed by atoms with Crippen molar-refractivity contribution in [3.05, 3.63) is 35.4 Å². The Labute approximate surface area is 133 Å². The monoisotopic (exact) mass is 305 g/mol. The van der Waals surface area contributed by atoms with Crippen LogP contribution in [-0.4, -0.2) is 37.1 Å². The van der Waals surface area contributed by atoms with Crippen LogP contribution in [-0.2, 0) is 6.42 Å². The lowest BCUT2D eigenvalue weighted by molar-refractivity contribution is 0.614. The van der Waals surface area contributed by atoms with Crippen molar-refractivity contribution in [2.45, 2.75) is 43.9 Å². The van der Waals surface area contributed by atoms with Crippen molar-refractivity contribution in [3.8, 4) is 0 Å². The highest BCUT2D eigenvalue weighted by atomic mass is 32.2. The Hall–Kier alpha value is -1.16. The van der Waals surface area contributed by atoms with Gasteiger partial charge in [0, 0.05) is 24.9 Å². The SMILES string of the molecule is CN=C(NCCc1cccc(C)c1)NC1CCC(SC)C1. The van der Waals surface area contributed by atoms with Gasteiger partial charge in [-0.3, -0.25) is 4.99 Å². The van der Waals surface area contributed by atoms with Crippen LogP contribution in [0.25, 0.3) is 0 Å². The van der Waals surface area contributed by atoms with Crippen molar-refractivity contribution in [2.24, 2.45) is 4.99 Å². The third-order valence-electron chi connectivity index (χ3n) is 4.07. The lowest BCUT2D eigenvalue weighted by Crippen LogP contribution is -2.43. The van der Waals surface area contributed by atoms with E-state index >= 15 is 0 Å². The van der Waals surface area contributed by atoms with Crippen molar-refractivity contribution in [1.82, 2.24) is 10.6 Å². The van der Waals surface area contributed by atoms with Crippen LogP contribution in [0.2, 0.25) is 0 Å². The first-order valence-corrected chi connectivity index (χ1v) is 9.05. The Balaban J connectivity index is 1.73. The fraction of sp³-hybridized carbons (Fsp3) is 0.588. The van der Waals surface area contributed by atoms with E-state index in [0.29, 0.717) is 6.04 Å². The number of hydrogen-bond acceptors (Lipinski definition) is 2. The molecule has 0 saturated heterocycles. The van der Waals surface area contributed by atoms with Crippen molar-refractivity contribution in [1.29, 1.82) is 0 Å². The molecule has 2 rings (SSSR count). The summed E-state index contributed by atoms with van der Waals surface area (Å²) >= 11 is 1.99. The Morgan fingerprint density at radius 2 is 2.24 bits per heavy atom. The number of nitrogens with one attached hydrogen (secondary N) is 2. The van der Waals surface area contributed by atoms with Crippen LogP contribution >= 0.6 is 11.8 Å². The Kier molecular flexibility index (Phi) is 6.43. The molecule has 0 amide bonds. The highest BCUT2D eigenvalue weighted by molar-refractivity contribution is 7.99. The predicted octanol–water partition coefficient (Wildman–Crippen LogP) is 2.99. The molecule has 0 aromatic heterocycles. The van der Waals surface area contributed by atoms with Gasteiger partial charge in [-0.2, -0.15) is 11.8 Å². The fourth-order valence-corrected chi connectivity index (χ4v) is 3.66. The largest absolute Gasteiger partial charge is 0.356 e. The van der Waals surface area contributed by atoms with E-state index in [9.17, 15) is 0 Å². The van der Waals surface area contributed by atoms with Crippen molar-refractivity contribution < 1.29 is 0 Å². The summed E-state index contributed by atoms with van der Waals surface area (Å²) in [6.07, 6.45) is 7.06. The lowest BCUT2D eigenvalue weighted by Gasteiger charge is -2.17. The number of aryl methyl sites for hydroxylation is 1. The molecule has 2 unspecified atom stereocenters. The average molecular weight is 305 g/mol. The number of benzene rings is 1. The van der Waals surface area contributed by atoms with Gasteiger partial charge in [-0.25, -0.2) is 0 Å². The molecule has 1 aliphatic carbocycles. The molecule has 0 spiro atoms. The zero-order valence-corrected chi connectivity index (χ0v) is 14.2. The van der Waals surface area contributed by atoms with Crippen LogP contribution in [0.4, 0.5) is 0 Å². The van der Waals surface area contributed by atoms with Crippen LogP contribution in [0.15, 0.2) is 29.3 Å². The summed E-state index contributed by atoms with van der Waals surface area (Å²) in [5, 5.41) is 7.80. The lowest BCUT2D eigenvalue weighted by atomic mass is 10.1. The minimum atomic E-state index is 0.576. The minimum Gasteiger partial charge on any atom is -0.356 e. The molecule has 0 aliphatic heterocycles. The van der Waals surface area contributed by atoms with Crippen LogP contribution < -0.4 is 10.6 Å². The van der Waals surface area contributed by atoms with Gasteiger partial charge in [0.15, 0.2) is 5.96 Å². The van der Waals surface area contributed by atoms with Crippen LogP contribution in [0.3, 0.4) is 0 Å². The number of aliphatic imine (C=N–C) groups is 1. The smallest absolute Gasteiger partial charge is 0.191 e. The van der Waals surface area contributed by atoms with Gasteiger partial charge in [-0.15, -0.1) is 0 Å². The summed E-state index contributed by atoms with van der Waals surface area (Å²) in [5.74, 6) is 0.939. The summed E-state index contributed by atoms with van der Waals surface area (Å²) < 4.78 is 0. The average Bonchev–Trinajstić information content (AvgIpc) is 2.94. The molecule has 1 fully saturated rings. The van der Waals surface area contributed by atoms with Crippen LogP contribution in [0, 0.1) is 6.92 Å². The first kappa shape index (κ1) is 16.2. The first-order valence-electron chi connectivity index (χ1n) is 7.76. The van der Waals surface area contributed by atoms with Gasteiger partial charge in [0.2, 0.25) is 0 Å². The zero-order chi connectivity index (χ0) is 15.1. The normalized spacial score (nSPS) is 22.3.